The van der Waals surface area contributed by atoms with Crippen LogP contribution in [0.25, 0.3) is 0 Å². The van der Waals surface area contributed by atoms with Crippen LogP contribution in [0.4, 0.5) is 5.69 Å². The third kappa shape index (κ3) is 3.03. The van der Waals surface area contributed by atoms with E-state index in [1.165, 1.54) is 0 Å². The third-order valence-electron chi connectivity index (χ3n) is 3.59. The van der Waals surface area contributed by atoms with Crippen LogP contribution in [0.3, 0.4) is 0 Å². The molecular formula is C14H21ClN2O. The van der Waals surface area contributed by atoms with Gasteiger partial charge >= 0.3 is 0 Å². The number of aryl methyl sites for hydroxylation is 2. The van der Waals surface area contributed by atoms with E-state index in [2.05, 4.69) is 5.32 Å². The number of rotatable bonds is 2. The predicted octanol–water partition coefficient (Wildman–Crippen LogP) is 2.94. The zero-order valence-corrected chi connectivity index (χ0v) is 11.8. The second kappa shape index (κ2) is 5.72. The fourth-order valence-corrected chi connectivity index (χ4v) is 2.35. The van der Waals surface area contributed by atoms with E-state index in [1.807, 2.05) is 32.0 Å². The predicted molar refractivity (Wildman–Crippen MR) is 77.2 cm³/mol. The van der Waals surface area contributed by atoms with Crippen molar-refractivity contribution < 1.29 is 4.79 Å². The first kappa shape index (κ1) is 15.0. The van der Waals surface area contributed by atoms with E-state index < -0.39 is 5.54 Å². The van der Waals surface area contributed by atoms with Gasteiger partial charge in [0.2, 0.25) is 5.91 Å². The van der Waals surface area contributed by atoms with Gasteiger partial charge in [-0.05, 0) is 43.9 Å². The molecule has 0 atom stereocenters. The van der Waals surface area contributed by atoms with Crippen molar-refractivity contribution >= 4 is 24.0 Å². The van der Waals surface area contributed by atoms with Gasteiger partial charge in [-0.3, -0.25) is 4.79 Å². The number of amides is 1. The molecule has 100 valence electrons. The van der Waals surface area contributed by atoms with Gasteiger partial charge in [0.1, 0.15) is 0 Å². The summed E-state index contributed by atoms with van der Waals surface area (Å²) in [6.07, 6.45) is 3.70. The summed E-state index contributed by atoms with van der Waals surface area (Å²) in [6, 6.07) is 6.05. The Morgan fingerprint density at radius 3 is 2.50 bits per heavy atom. The van der Waals surface area contributed by atoms with Crippen LogP contribution in [0.15, 0.2) is 18.2 Å². The number of benzene rings is 1. The third-order valence-corrected chi connectivity index (χ3v) is 3.59. The lowest BCUT2D eigenvalue weighted by molar-refractivity contribution is -0.121. The topological polar surface area (TPSA) is 55.1 Å². The summed E-state index contributed by atoms with van der Waals surface area (Å²) in [5.41, 5.74) is 8.57. The average Bonchev–Trinajstić information content (AvgIpc) is 2.72. The summed E-state index contributed by atoms with van der Waals surface area (Å²) in [5, 5.41) is 2.97. The number of nitrogens with one attached hydrogen (secondary N) is 1. The minimum atomic E-state index is -0.657. The number of anilines is 1. The lowest BCUT2D eigenvalue weighted by Crippen LogP contribution is -2.48. The monoisotopic (exact) mass is 268 g/mol. The summed E-state index contributed by atoms with van der Waals surface area (Å²) in [6.45, 7) is 4.01. The number of carbonyl (C=O) groups excluding carboxylic acids is 1. The highest BCUT2D eigenvalue weighted by Crippen LogP contribution is 2.29. The molecule has 1 aromatic rings. The number of nitrogens with two attached hydrogens (primary N) is 1. The summed E-state index contributed by atoms with van der Waals surface area (Å²) in [5.74, 6) is -0.0382. The molecule has 4 heteroatoms. The maximum Gasteiger partial charge on any atom is 0.244 e. The maximum absolute atomic E-state index is 12.2. The van der Waals surface area contributed by atoms with Gasteiger partial charge in [0.15, 0.2) is 0 Å². The van der Waals surface area contributed by atoms with Crippen LogP contribution in [0.1, 0.15) is 36.8 Å². The molecule has 0 saturated heterocycles. The van der Waals surface area contributed by atoms with E-state index in [0.717, 1.165) is 42.5 Å². The van der Waals surface area contributed by atoms with Crippen LogP contribution >= 0.6 is 12.4 Å². The molecule has 2 rings (SSSR count). The van der Waals surface area contributed by atoms with Crippen LogP contribution in [0, 0.1) is 13.8 Å². The minimum absolute atomic E-state index is 0. The molecule has 0 radical (unpaired) electrons. The van der Waals surface area contributed by atoms with Gasteiger partial charge in [0, 0.05) is 5.69 Å². The molecule has 0 aromatic heterocycles. The number of hydrogen-bond acceptors (Lipinski definition) is 2. The van der Waals surface area contributed by atoms with Gasteiger partial charge in [-0.2, -0.15) is 0 Å². The van der Waals surface area contributed by atoms with Crippen molar-refractivity contribution in [3.05, 3.63) is 29.3 Å². The van der Waals surface area contributed by atoms with Crippen molar-refractivity contribution in [3.8, 4) is 0 Å². The van der Waals surface area contributed by atoms with Crippen molar-refractivity contribution in [1.29, 1.82) is 0 Å². The summed E-state index contributed by atoms with van der Waals surface area (Å²) in [4.78, 5) is 12.2. The SMILES string of the molecule is Cc1ccc(C)c(NC(=O)C2(N)CCCC2)c1.Cl. The zero-order chi connectivity index (χ0) is 12.5. The molecule has 1 aliphatic carbocycles. The fraction of sp³-hybridized carbons (Fsp3) is 0.500. The highest BCUT2D eigenvalue weighted by molar-refractivity contribution is 5.98. The Hall–Kier alpha value is -1.06. The second-order valence-electron chi connectivity index (χ2n) is 5.14. The molecule has 3 N–H and O–H groups in total. The van der Waals surface area contributed by atoms with Crippen molar-refractivity contribution in [2.45, 2.75) is 45.1 Å². The summed E-state index contributed by atoms with van der Waals surface area (Å²) in [7, 11) is 0. The lowest BCUT2D eigenvalue weighted by atomic mass is 9.97. The molecular weight excluding hydrogens is 248 g/mol. The zero-order valence-electron chi connectivity index (χ0n) is 11.0. The Labute approximate surface area is 115 Å². The molecule has 0 aliphatic heterocycles. The fourth-order valence-electron chi connectivity index (χ4n) is 2.35. The number of halogens is 1. The molecule has 1 amide bonds. The van der Waals surface area contributed by atoms with Gasteiger partial charge in [0.05, 0.1) is 5.54 Å². The number of hydrogen-bond donors (Lipinski definition) is 2. The molecule has 0 unspecified atom stereocenters. The first-order valence-electron chi connectivity index (χ1n) is 6.19. The van der Waals surface area contributed by atoms with Crippen molar-refractivity contribution in [1.82, 2.24) is 0 Å². The molecule has 1 aromatic carbocycles. The van der Waals surface area contributed by atoms with E-state index in [-0.39, 0.29) is 18.3 Å². The Balaban J connectivity index is 0.00000162. The Kier molecular flexibility index (Phi) is 4.77. The van der Waals surface area contributed by atoms with Gasteiger partial charge < -0.3 is 11.1 Å². The Morgan fingerprint density at radius 1 is 1.28 bits per heavy atom. The van der Waals surface area contributed by atoms with Crippen molar-refractivity contribution in [2.24, 2.45) is 5.73 Å². The highest BCUT2D eigenvalue weighted by Gasteiger charge is 2.37. The van der Waals surface area contributed by atoms with Crippen LogP contribution in [0.5, 0.6) is 0 Å². The van der Waals surface area contributed by atoms with Gasteiger partial charge in [0.25, 0.3) is 0 Å². The Bertz CT molecular complexity index is 439. The van der Waals surface area contributed by atoms with Crippen LogP contribution in [-0.2, 0) is 4.79 Å². The van der Waals surface area contributed by atoms with Gasteiger partial charge in [-0.1, -0.05) is 25.0 Å². The lowest BCUT2D eigenvalue weighted by Gasteiger charge is -2.23. The molecule has 0 spiro atoms. The molecule has 3 nitrogen and oxygen atoms in total. The molecule has 1 fully saturated rings. The second-order valence-corrected chi connectivity index (χ2v) is 5.14. The van der Waals surface area contributed by atoms with E-state index in [1.54, 1.807) is 0 Å². The first-order valence-corrected chi connectivity index (χ1v) is 6.19. The summed E-state index contributed by atoms with van der Waals surface area (Å²) >= 11 is 0. The van der Waals surface area contributed by atoms with E-state index in [4.69, 9.17) is 5.73 Å². The van der Waals surface area contributed by atoms with Gasteiger partial charge in [-0.15, -0.1) is 12.4 Å². The maximum atomic E-state index is 12.2. The molecule has 0 bridgehead atoms. The van der Waals surface area contributed by atoms with E-state index >= 15 is 0 Å². The molecule has 0 heterocycles. The smallest absolute Gasteiger partial charge is 0.244 e. The largest absolute Gasteiger partial charge is 0.324 e. The van der Waals surface area contributed by atoms with E-state index in [0.29, 0.717) is 0 Å². The normalized spacial score (nSPS) is 17.1. The quantitative estimate of drug-likeness (QED) is 0.866. The highest BCUT2D eigenvalue weighted by atomic mass is 35.5. The first-order chi connectivity index (χ1) is 8.01. The molecule has 18 heavy (non-hydrogen) atoms. The van der Waals surface area contributed by atoms with Crippen LogP contribution in [-0.4, -0.2) is 11.4 Å². The van der Waals surface area contributed by atoms with E-state index in [9.17, 15) is 4.79 Å². The van der Waals surface area contributed by atoms with Crippen LogP contribution in [0.2, 0.25) is 0 Å². The van der Waals surface area contributed by atoms with Crippen molar-refractivity contribution in [3.63, 3.8) is 0 Å². The Morgan fingerprint density at radius 2 is 1.89 bits per heavy atom. The summed E-state index contributed by atoms with van der Waals surface area (Å²) < 4.78 is 0. The molecule has 1 saturated carbocycles. The molecule has 1 aliphatic rings. The van der Waals surface area contributed by atoms with Crippen LogP contribution < -0.4 is 11.1 Å². The minimum Gasteiger partial charge on any atom is -0.324 e. The van der Waals surface area contributed by atoms with Crippen molar-refractivity contribution in [2.75, 3.05) is 5.32 Å². The number of carbonyl (C=O) groups is 1. The van der Waals surface area contributed by atoms with Gasteiger partial charge in [-0.25, -0.2) is 0 Å². The standard InChI is InChI=1S/C14H20N2O.ClH/c1-10-5-6-11(2)12(9-10)16-13(17)14(15)7-3-4-8-14;/h5-6,9H,3-4,7-8,15H2,1-2H3,(H,16,17);1H. The average molecular weight is 269 g/mol.